The van der Waals surface area contributed by atoms with Gasteiger partial charge in [-0.25, -0.2) is 0 Å². The molecule has 0 saturated carbocycles. The Bertz CT molecular complexity index is 921. The summed E-state index contributed by atoms with van der Waals surface area (Å²) in [6.45, 7) is 0. The van der Waals surface area contributed by atoms with Crippen molar-refractivity contribution in [2.75, 3.05) is 18.4 Å². The van der Waals surface area contributed by atoms with Crippen molar-refractivity contribution < 1.29 is 4.74 Å². The number of para-hydroxylation sites is 1. The van der Waals surface area contributed by atoms with E-state index in [4.69, 9.17) is 4.74 Å². The Hall–Kier alpha value is -2.85. The van der Waals surface area contributed by atoms with E-state index in [-0.39, 0.29) is 6.04 Å². The van der Waals surface area contributed by atoms with Crippen LogP contribution in [0.2, 0.25) is 0 Å². The lowest BCUT2D eigenvalue weighted by Gasteiger charge is -2.27. The predicted octanol–water partition coefficient (Wildman–Crippen LogP) is 5.52. The number of nitrogens with zero attached hydrogens (tertiary/aromatic N) is 1. The fraction of sp³-hybridized carbons (Fsp3) is 0.130. The second-order valence-corrected chi connectivity index (χ2v) is 7.22. The number of hydrogen-bond donors (Lipinski definition) is 1. The van der Waals surface area contributed by atoms with E-state index in [1.165, 1.54) is 10.5 Å². The van der Waals surface area contributed by atoms with Gasteiger partial charge in [0, 0.05) is 4.90 Å². The van der Waals surface area contributed by atoms with Gasteiger partial charge in [0.1, 0.15) is 5.75 Å². The number of rotatable bonds is 5. The van der Waals surface area contributed by atoms with Crippen LogP contribution in [0.3, 0.4) is 0 Å². The van der Waals surface area contributed by atoms with Gasteiger partial charge in [0.15, 0.2) is 0 Å². The first-order chi connectivity index (χ1) is 13.3. The molecule has 0 fully saturated rings. The maximum Gasteiger partial charge on any atom is 0.118 e. The highest BCUT2D eigenvalue weighted by molar-refractivity contribution is 7.98. The minimum atomic E-state index is 0.125. The summed E-state index contributed by atoms with van der Waals surface area (Å²) in [6.07, 6.45) is 4.38. The third-order valence-corrected chi connectivity index (χ3v) is 5.48. The van der Waals surface area contributed by atoms with Gasteiger partial charge in [0.2, 0.25) is 0 Å². The first kappa shape index (κ1) is 17.6. The average molecular weight is 375 g/mol. The molecule has 1 aliphatic heterocycles. The summed E-state index contributed by atoms with van der Waals surface area (Å²) in [4.78, 5) is 1.27. The van der Waals surface area contributed by atoms with Crippen LogP contribution in [-0.2, 0) is 0 Å². The Balaban J connectivity index is 1.70. The van der Waals surface area contributed by atoms with Crippen LogP contribution in [0, 0.1) is 0 Å². The highest BCUT2D eigenvalue weighted by Gasteiger charge is 2.27. The predicted molar refractivity (Wildman–Crippen MR) is 114 cm³/mol. The third kappa shape index (κ3) is 3.67. The van der Waals surface area contributed by atoms with Crippen LogP contribution < -0.4 is 15.2 Å². The number of thioether (sulfide) groups is 1. The maximum atomic E-state index is 5.28. The minimum absolute atomic E-state index is 0.125. The lowest BCUT2D eigenvalue weighted by molar-refractivity contribution is 0.415. The summed E-state index contributed by atoms with van der Waals surface area (Å²) < 4.78 is 5.28. The standard InChI is InChI=1S/C23H22N2OS/c1-26-20-12-8-17(9-13-20)22-16-23(18-10-14-21(27-2)15-11-18)25(24-22)19-6-4-3-5-7-19/h3-16,23-24H,1-2H3. The van der Waals surface area contributed by atoms with Crippen molar-refractivity contribution in [2.45, 2.75) is 10.9 Å². The molecule has 1 N–H and O–H groups in total. The van der Waals surface area contributed by atoms with Crippen LogP contribution in [0.5, 0.6) is 5.75 Å². The lowest BCUT2D eigenvalue weighted by atomic mass is 10.0. The van der Waals surface area contributed by atoms with Gasteiger partial charge in [0.05, 0.1) is 24.5 Å². The number of nitrogens with one attached hydrogen (secondary N) is 1. The minimum Gasteiger partial charge on any atom is -0.497 e. The molecule has 3 nitrogen and oxygen atoms in total. The summed E-state index contributed by atoms with van der Waals surface area (Å²) in [5.41, 5.74) is 8.22. The molecule has 3 aromatic rings. The normalized spacial score (nSPS) is 16.0. The Morgan fingerprint density at radius 1 is 0.889 bits per heavy atom. The van der Waals surface area contributed by atoms with Crippen molar-refractivity contribution >= 4 is 23.1 Å². The molecule has 4 rings (SSSR count). The Labute approximate surface area is 164 Å². The average Bonchev–Trinajstić information content (AvgIpc) is 3.20. The van der Waals surface area contributed by atoms with E-state index in [1.807, 2.05) is 18.2 Å². The molecule has 0 saturated heterocycles. The highest BCUT2D eigenvalue weighted by atomic mass is 32.2. The summed E-state index contributed by atoms with van der Waals surface area (Å²) in [5.74, 6) is 0.862. The second-order valence-electron chi connectivity index (χ2n) is 6.34. The molecular weight excluding hydrogens is 352 g/mol. The smallest absolute Gasteiger partial charge is 0.118 e. The molecular formula is C23H22N2OS. The van der Waals surface area contributed by atoms with Crippen molar-refractivity contribution in [1.29, 1.82) is 0 Å². The van der Waals surface area contributed by atoms with E-state index in [2.05, 4.69) is 83.4 Å². The van der Waals surface area contributed by atoms with Crippen molar-refractivity contribution in [3.8, 4) is 5.75 Å². The fourth-order valence-electron chi connectivity index (χ4n) is 3.26. The molecule has 4 heteroatoms. The summed E-state index contributed by atoms with van der Waals surface area (Å²) in [7, 11) is 1.69. The molecule has 1 unspecified atom stereocenters. The molecule has 136 valence electrons. The fourth-order valence-corrected chi connectivity index (χ4v) is 3.67. The van der Waals surface area contributed by atoms with Crippen molar-refractivity contribution in [1.82, 2.24) is 5.43 Å². The van der Waals surface area contributed by atoms with E-state index in [1.54, 1.807) is 18.9 Å². The Morgan fingerprint density at radius 3 is 2.22 bits per heavy atom. The molecule has 1 heterocycles. The summed E-state index contributed by atoms with van der Waals surface area (Å²) in [6, 6.07) is 27.5. The van der Waals surface area contributed by atoms with Gasteiger partial charge in [-0.1, -0.05) is 30.3 Å². The topological polar surface area (TPSA) is 24.5 Å². The van der Waals surface area contributed by atoms with E-state index >= 15 is 0 Å². The number of benzene rings is 3. The largest absolute Gasteiger partial charge is 0.497 e. The molecule has 0 bridgehead atoms. The van der Waals surface area contributed by atoms with Crippen LogP contribution in [0.1, 0.15) is 17.2 Å². The van der Waals surface area contributed by atoms with Crippen LogP contribution in [0.15, 0.2) is 89.8 Å². The summed E-state index contributed by atoms with van der Waals surface area (Å²) in [5, 5.41) is 2.22. The van der Waals surface area contributed by atoms with Gasteiger partial charge in [-0.05, 0) is 72.0 Å². The van der Waals surface area contributed by atoms with Gasteiger partial charge in [-0.15, -0.1) is 11.8 Å². The molecule has 27 heavy (non-hydrogen) atoms. The van der Waals surface area contributed by atoms with Crippen molar-refractivity contribution in [3.05, 3.63) is 96.1 Å². The second kappa shape index (κ2) is 7.80. The zero-order chi connectivity index (χ0) is 18.6. The van der Waals surface area contributed by atoms with Crippen LogP contribution in [0.4, 0.5) is 5.69 Å². The van der Waals surface area contributed by atoms with Crippen LogP contribution in [-0.4, -0.2) is 13.4 Å². The first-order valence-corrected chi connectivity index (χ1v) is 10.1. The zero-order valence-corrected chi connectivity index (χ0v) is 16.2. The van der Waals surface area contributed by atoms with Crippen LogP contribution >= 0.6 is 11.8 Å². The molecule has 0 spiro atoms. The quantitative estimate of drug-likeness (QED) is 0.594. The molecule has 3 aromatic carbocycles. The van der Waals surface area contributed by atoms with Crippen molar-refractivity contribution in [2.24, 2.45) is 0 Å². The first-order valence-electron chi connectivity index (χ1n) is 8.89. The zero-order valence-electron chi connectivity index (χ0n) is 15.4. The molecule has 0 amide bonds. The Kier molecular flexibility index (Phi) is 5.07. The number of methoxy groups -OCH3 is 1. The lowest BCUT2D eigenvalue weighted by Crippen LogP contribution is -2.33. The number of hydrazine groups is 1. The number of hydrogen-bond acceptors (Lipinski definition) is 4. The summed E-state index contributed by atoms with van der Waals surface area (Å²) >= 11 is 1.76. The SMILES string of the molecule is COc1ccc(C2=CC(c3ccc(SC)cc3)N(c3ccccc3)N2)cc1. The van der Waals surface area contributed by atoms with E-state index < -0.39 is 0 Å². The number of ether oxygens (including phenoxy) is 1. The molecule has 1 aliphatic rings. The third-order valence-electron chi connectivity index (χ3n) is 4.74. The van der Waals surface area contributed by atoms with Crippen LogP contribution in [0.25, 0.3) is 5.70 Å². The van der Waals surface area contributed by atoms with E-state index in [0.717, 1.165) is 22.7 Å². The van der Waals surface area contributed by atoms with Gasteiger partial charge in [-0.2, -0.15) is 0 Å². The van der Waals surface area contributed by atoms with Gasteiger partial charge in [-0.3, -0.25) is 10.4 Å². The molecule has 1 atom stereocenters. The van der Waals surface area contributed by atoms with E-state index in [9.17, 15) is 0 Å². The van der Waals surface area contributed by atoms with Gasteiger partial charge < -0.3 is 4.74 Å². The van der Waals surface area contributed by atoms with E-state index in [0.29, 0.717) is 0 Å². The Morgan fingerprint density at radius 2 is 1.59 bits per heavy atom. The highest BCUT2D eigenvalue weighted by Crippen LogP contribution is 2.35. The maximum absolute atomic E-state index is 5.28. The van der Waals surface area contributed by atoms with Gasteiger partial charge >= 0.3 is 0 Å². The molecule has 0 aliphatic carbocycles. The molecule has 0 radical (unpaired) electrons. The van der Waals surface area contributed by atoms with Gasteiger partial charge in [0.25, 0.3) is 0 Å². The van der Waals surface area contributed by atoms with Crippen molar-refractivity contribution in [3.63, 3.8) is 0 Å². The number of anilines is 1. The molecule has 0 aromatic heterocycles. The monoisotopic (exact) mass is 374 g/mol.